The molecule has 132 valence electrons. The van der Waals surface area contributed by atoms with Gasteiger partial charge in [0.05, 0.1) is 10.4 Å². The molecule has 0 N–H and O–H groups in total. The Morgan fingerprint density at radius 2 is 1.80 bits per heavy atom. The van der Waals surface area contributed by atoms with E-state index in [1.54, 1.807) is 30.3 Å². The van der Waals surface area contributed by atoms with E-state index in [2.05, 4.69) is 0 Å². The van der Waals surface area contributed by atoms with E-state index >= 15 is 4.39 Å². The molecule has 0 aliphatic heterocycles. The number of hydrogen-bond donors (Lipinski definition) is 0. The van der Waals surface area contributed by atoms with Crippen LogP contribution in [0.4, 0.5) is 4.39 Å². The number of aromatic nitrogens is 1. The maximum absolute atomic E-state index is 15.3. The summed E-state index contributed by atoms with van der Waals surface area (Å²) < 4.78 is 42.2. The number of hydrogen-bond acceptors (Lipinski definition) is 2. The van der Waals surface area contributed by atoms with Crippen molar-refractivity contribution in [2.24, 2.45) is 0 Å². The van der Waals surface area contributed by atoms with Gasteiger partial charge in [-0.2, -0.15) is 4.39 Å². The van der Waals surface area contributed by atoms with Crippen molar-refractivity contribution in [3.8, 4) is 0 Å². The Labute approximate surface area is 152 Å². The van der Waals surface area contributed by atoms with E-state index in [-0.39, 0.29) is 10.8 Å². The average Bonchev–Trinajstić information content (AvgIpc) is 2.86. The average molecular weight is 380 g/mol. The van der Waals surface area contributed by atoms with Crippen molar-refractivity contribution in [2.45, 2.75) is 38.0 Å². The van der Waals surface area contributed by atoms with Crippen LogP contribution in [0.15, 0.2) is 47.4 Å². The maximum atomic E-state index is 15.3. The molecule has 0 spiro atoms. The van der Waals surface area contributed by atoms with Gasteiger partial charge in [0.1, 0.15) is 0 Å². The molecule has 0 aliphatic carbocycles. The van der Waals surface area contributed by atoms with Gasteiger partial charge >= 0.3 is 0 Å². The van der Waals surface area contributed by atoms with Gasteiger partial charge in [-0.15, -0.1) is 0 Å². The van der Waals surface area contributed by atoms with E-state index in [1.165, 1.54) is 12.1 Å². The Morgan fingerprint density at radius 1 is 1.16 bits per heavy atom. The smallest absolute Gasteiger partial charge is 0.208 e. The molecule has 0 saturated heterocycles. The molecular weight excluding hydrogens is 361 g/mol. The molecule has 2 aromatic carbocycles. The summed E-state index contributed by atoms with van der Waals surface area (Å²) in [4.78, 5) is 0.0551. The largest absolute Gasteiger partial charge is 0.270 e. The monoisotopic (exact) mass is 379 g/mol. The predicted molar refractivity (Wildman–Crippen MR) is 99.4 cm³/mol. The van der Waals surface area contributed by atoms with Crippen molar-refractivity contribution in [2.75, 3.05) is 0 Å². The number of benzene rings is 2. The molecule has 0 radical (unpaired) electrons. The lowest BCUT2D eigenvalue weighted by molar-refractivity contribution is 0.527. The summed E-state index contributed by atoms with van der Waals surface area (Å²) in [5.74, 6) is -0.873. The first kappa shape index (κ1) is 18.0. The molecule has 0 bridgehead atoms. The third kappa shape index (κ3) is 2.96. The lowest BCUT2D eigenvalue weighted by Gasteiger charge is -2.10. The molecule has 0 amide bonds. The van der Waals surface area contributed by atoms with E-state index < -0.39 is 16.0 Å². The summed E-state index contributed by atoms with van der Waals surface area (Å²) in [5, 5.41) is 0.983. The SMILES string of the molecule is CCC(C)c1c(F)n(S(=O)(=O)c2ccc(C)cc2)c2ccc(Cl)cc12. The Bertz CT molecular complexity index is 1040. The third-order valence-corrected chi connectivity index (χ3v) is 6.47. The minimum Gasteiger partial charge on any atom is -0.208 e. The zero-order chi connectivity index (χ0) is 18.4. The lowest BCUT2D eigenvalue weighted by Crippen LogP contribution is -2.15. The first-order valence-corrected chi connectivity index (χ1v) is 9.90. The highest BCUT2D eigenvalue weighted by Crippen LogP contribution is 2.36. The molecule has 3 rings (SSSR count). The Balaban J connectivity index is 2.36. The van der Waals surface area contributed by atoms with Crippen molar-refractivity contribution in [1.82, 2.24) is 3.97 Å². The van der Waals surface area contributed by atoms with Crippen LogP contribution in [0.3, 0.4) is 0 Å². The summed E-state index contributed by atoms with van der Waals surface area (Å²) >= 11 is 6.07. The molecule has 25 heavy (non-hydrogen) atoms. The highest BCUT2D eigenvalue weighted by Gasteiger charge is 2.29. The zero-order valence-corrected chi connectivity index (χ0v) is 15.8. The molecule has 0 saturated carbocycles. The minimum atomic E-state index is -4.05. The molecule has 1 atom stereocenters. The summed E-state index contributed by atoms with van der Waals surface area (Å²) in [7, 11) is -4.05. The fraction of sp³-hybridized carbons (Fsp3) is 0.263. The molecule has 1 unspecified atom stereocenters. The van der Waals surface area contributed by atoms with Gasteiger partial charge in [-0.05, 0) is 49.6 Å². The van der Waals surface area contributed by atoms with Crippen molar-refractivity contribution in [3.05, 3.63) is 64.6 Å². The first-order valence-electron chi connectivity index (χ1n) is 8.09. The van der Waals surface area contributed by atoms with Crippen molar-refractivity contribution in [1.29, 1.82) is 0 Å². The van der Waals surface area contributed by atoms with Crippen LogP contribution in [-0.2, 0) is 10.0 Å². The van der Waals surface area contributed by atoms with E-state index in [4.69, 9.17) is 11.6 Å². The molecule has 1 heterocycles. The maximum Gasteiger partial charge on any atom is 0.270 e. The first-order chi connectivity index (χ1) is 11.8. The van der Waals surface area contributed by atoms with E-state index in [9.17, 15) is 8.42 Å². The minimum absolute atomic E-state index is 0.0551. The van der Waals surface area contributed by atoms with Crippen LogP contribution in [0.1, 0.15) is 37.3 Å². The Morgan fingerprint density at radius 3 is 2.40 bits per heavy atom. The summed E-state index contributed by atoms with van der Waals surface area (Å²) in [5.41, 5.74) is 1.62. The van der Waals surface area contributed by atoms with Crippen LogP contribution in [-0.4, -0.2) is 12.4 Å². The number of nitrogens with zero attached hydrogens (tertiary/aromatic N) is 1. The van der Waals surface area contributed by atoms with Crippen molar-refractivity contribution < 1.29 is 12.8 Å². The van der Waals surface area contributed by atoms with E-state index in [0.717, 1.165) is 9.54 Å². The molecule has 3 aromatic rings. The van der Waals surface area contributed by atoms with E-state index in [0.29, 0.717) is 27.9 Å². The number of fused-ring (bicyclic) bond motifs is 1. The van der Waals surface area contributed by atoms with Gasteiger partial charge in [0.15, 0.2) is 0 Å². The fourth-order valence-corrected chi connectivity index (χ4v) is 4.54. The third-order valence-electron chi connectivity index (χ3n) is 4.53. The van der Waals surface area contributed by atoms with Crippen LogP contribution in [0.2, 0.25) is 5.02 Å². The van der Waals surface area contributed by atoms with Crippen LogP contribution in [0.25, 0.3) is 10.9 Å². The molecule has 0 fully saturated rings. The second-order valence-corrected chi connectivity index (χ2v) is 8.48. The van der Waals surface area contributed by atoms with E-state index in [1.807, 2.05) is 20.8 Å². The summed E-state index contributed by atoms with van der Waals surface area (Å²) in [6.07, 6.45) is 0.688. The van der Waals surface area contributed by atoms with Crippen LogP contribution < -0.4 is 0 Å². The Hall–Kier alpha value is -1.85. The Kier molecular flexibility index (Phi) is 4.64. The molecule has 1 aromatic heterocycles. The summed E-state index contributed by atoms with van der Waals surface area (Å²) in [6, 6.07) is 11.1. The molecule has 0 aliphatic rings. The van der Waals surface area contributed by atoms with Gasteiger partial charge in [0.2, 0.25) is 5.95 Å². The molecule has 6 heteroatoms. The van der Waals surface area contributed by atoms with Gasteiger partial charge in [0.25, 0.3) is 10.0 Å². The van der Waals surface area contributed by atoms with Gasteiger partial charge in [-0.3, -0.25) is 0 Å². The van der Waals surface area contributed by atoms with Crippen LogP contribution >= 0.6 is 11.6 Å². The second kappa shape index (κ2) is 6.46. The topological polar surface area (TPSA) is 39.1 Å². The number of rotatable bonds is 4. The van der Waals surface area contributed by atoms with Crippen molar-refractivity contribution in [3.63, 3.8) is 0 Å². The van der Waals surface area contributed by atoms with Crippen LogP contribution in [0.5, 0.6) is 0 Å². The zero-order valence-electron chi connectivity index (χ0n) is 14.3. The second-order valence-electron chi connectivity index (χ2n) is 6.26. The normalized spacial score (nSPS) is 13.3. The fourth-order valence-electron chi connectivity index (χ4n) is 2.95. The molecule has 3 nitrogen and oxygen atoms in total. The number of halogens is 2. The standard InChI is InChI=1S/C19H19ClFNO2S/c1-4-13(3)18-16-11-14(20)7-10-17(16)22(19(18)21)25(23,24)15-8-5-12(2)6-9-15/h5-11,13H,4H2,1-3H3. The lowest BCUT2D eigenvalue weighted by atomic mass is 9.98. The number of aryl methyl sites for hydroxylation is 1. The quantitative estimate of drug-likeness (QED) is 0.601. The van der Waals surface area contributed by atoms with Gasteiger partial charge in [0, 0.05) is 16.0 Å². The highest BCUT2D eigenvalue weighted by molar-refractivity contribution is 7.90. The summed E-state index contributed by atoms with van der Waals surface area (Å²) in [6.45, 7) is 5.68. The van der Waals surface area contributed by atoms with Gasteiger partial charge in [-0.25, -0.2) is 12.4 Å². The predicted octanol–water partition coefficient (Wildman–Crippen LogP) is 5.49. The van der Waals surface area contributed by atoms with Gasteiger partial charge < -0.3 is 0 Å². The molecular formula is C19H19ClFNO2S. The van der Waals surface area contributed by atoms with Crippen molar-refractivity contribution >= 4 is 32.5 Å². The van der Waals surface area contributed by atoms with Gasteiger partial charge in [-0.1, -0.05) is 43.1 Å². The highest BCUT2D eigenvalue weighted by atomic mass is 35.5. The van der Waals surface area contributed by atoms with Crippen LogP contribution in [0, 0.1) is 12.9 Å².